The largest absolute Gasteiger partial charge is 0.409 e. The Hall–Kier alpha value is -2.08. The number of oxime groups is 1. The van der Waals surface area contributed by atoms with Crippen molar-refractivity contribution in [3.8, 4) is 0 Å². The van der Waals surface area contributed by atoms with Crippen LogP contribution in [-0.4, -0.2) is 30.0 Å². The fourth-order valence-electron chi connectivity index (χ4n) is 1.48. The van der Waals surface area contributed by atoms with Gasteiger partial charge < -0.3 is 21.6 Å². The van der Waals surface area contributed by atoms with Crippen molar-refractivity contribution in [2.24, 2.45) is 10.9 Å². The number of amidine groups is 1. The first-order valence-corrected chi connectivity index (χ1v) is 5.71. The molecule has 0 aliphatic rings. The third-order valence-electron chi connectivity index (χ3n) is 2.32. The molecule has 1 rings (SSSR count). The van der Waals surface area contributed by atoms with Crippen LogP contribution in [0.3, 0.4) is 0 Å². The first kappa shape index (κ1) is 14.0. The standard InChI is InChI=1S/C12H18N4O2/c1-2-15-11(17)8-14-7-9-4-3-5-10(6-9)12(13)16-18/h3-6,14,18H,2,7-8H2,1H3,(H2,13,16)(H,15,17). The van der Waals surface area contributed by atoms with E-state index in [1.807, 2.05) is 19.1 Å². The Bertz CT molecular complexity index is 432. The minimum Gasteiger partial charge on any atom is -0.409 e. The van der Waals surface area contributed by atoms with Gasteiger partial charge in [-0.25, -0.2) is 0 Å². The maximum Gasteiger partial charge on any atom is 0.233 e. The second-order valence-corrected chi connectivity index (χ2v) is 3.74. The molecule has 6 heteroatoms. The van der Waals surface area contributed by atoms with Crippen LogP contribution in [0.4, 0.5) is 0 Å². The van der Waals surface area contributed by atoms with Crippen molar-refractivity contribution in [2.45, 2.75) is 13.5 Å². The summed E-state index contributed by atoms with van der Waals surface area (Å²) in [5.74, 6) is 0.0330. The lowest BCUT2D eigenvalue weighted by molar-refractivity contribution is -0.120. The van der Waals surface area contributed by atoms with Crippen molar-refractivity contribution in [1.29, 1.82) is 0 Å². The maximum atomic E-state index is 11.2. The average molecular weight is 250 g/mol. The van der Waals surface area contributed by atoms with E-state index in [9.17, 15) is 4.79 Å². The summed E-state index contributed by atoms with van der Waals surface area (Å²) >= 11 is 0. The van der Waals surface area contributed by atoms with E-state index in [1.165, 1.54) is 0 Å². The van der Waals surface area contributed by atoms with Gasteiger partial charge in [0.2, 0.25) is 5.91 Å². The van der Waals surface area contributed by atoms with Crippen LogP contribution in [0, 0.1) is 0 Å². The zero-order valence-electron chi connectivity index (χ0n) is 10.3. The molecule has 0 aliphatic carbocycles. The number of carbonyl (C=O) groups is 1. The van der Waals surface area contributed by atoms with Gasteiger partial charge in [0, 0.05) is 18.7 Å². The number of nitrogens with two attached hydrogens (primary N) is 1. The molecule has 0 unspecified atom stereocenters. The second-order valence-electron chi connectivity index (χ2n) is 3.74. The molecule has 0 heterocycles. The van der Waals surface area contributed by atoms with Gasteiger partial charge in [-0.3, -0.25) is 4.79 Å². The van der Waals surface area contributed by atoms with Crippen LogP contribution in [-0.2, 0) is 11.3 Å². The lowest BCUT2D eigenvalue weighted by atomic mass is 10.1. The maximum absolute atomic E-state index is 11.2. The van der Waals surface area contributed by atoms with Crippen LogP contribution in [0.5, 0.6) is 0 Å². The van der Waals surface area contributed by atoms with Crippen LogP contribution in [0.2, 0.25) is 0 Å². The van der Waals surface area contributed by atoms with Gasteiger partial charge in [-0.2, -0.15) is 0 Å². The zero-order chi connectivity index (χ0) is 13.4. The molecule has 0 aliphatic heterocycles. The molecule has 0 atom stereocenters. The molecule has 1 aromatic rings. The Balaban J connectivity index is 2.50. The molecular weight excluding hydrogens is 232 g/mol. The number of carbonyl (C=O) groups excluding carboxylic acids is 1. The molecule has 0 bridgehead atoms. The molecule has 1 aromatic carbocycles. The average Bonchev–Trinajstić information content (AvgIpc) is 2.38. The third kappa shape index (κ3) is 4.42. The summed E-state index contributed by atoms with van der Waals surface area (Å²) in [6, 6.07) is 7.28. The molecule has 0 spiro atoms. The van der Waals surface area contributed by atoms with Crippen molar-refractivity contribution in [2.75, 3.05) is 13.1 Å². The summed E-state index contributed by atoms with van der Waals surface area (Å²) in [5, 5.41) is 17.2. The second kappa shape index (κ2) is 7.29. The Kier molecular flexibility index (Phi) is 5.66. The van der Waals surface area contributed by atoms with Gasteiger partial charge in [-0.15, -0.1) is 0 Å². The molecule has 6 nitrogen and oxygen atoms in total. The minimum absolute atomic E-state index is 0.0370. The molecule has 98 valence electrons. The van der Waals surface area contributed by atoms with Crippen LogP contribution < -0.4 is 16.4 Å². The molecule has 0 fully saturated rings. The van der Waals surface area contributed by atoms with E-state index in [4.69, 9.17) is 10.9 Å². The lowest BCUT2D eigenvalue weighted by Gasteiger charge is -2.06. The van der Waals surface area contributed by atoms with Gasteiger partial charge in [-0.1, -0.05) is 23.4 Å². The van der Waals surface area contributed by atoms with Gasteiger partial charge in [0.05, 0.1) is 6.54 Å². The Morgan fingerprint density at radius 1 is 1.50 bits per heavy atom. The van der Waals surface area contributed by atoms with E-state index < -0.39 is 0 Å². The molecule has 1 amide bonds. The van der Waals surface area contributed by atoms with Gasteiger partial charge in [0.1, 0.15) is 0 Å². The highest BCUT2D eigenvalue weighted by Crippen LogP contribution is 2.04. The number of hydrogen-bond acceptors (Lipinski definition) is 4. The van der Waals surface area contributed by atoms with Gasteiger partial charge >= 0.3 is 0 Å². The summed E-state index contributed by atoms with van der Waals surface area (Å²) in [6.45, 7) is 3.31. The zero-order valence-corrected chi connectivity index (χ0v) is 10.3. The number of benzene rings is 1. The van der Waals surface area contributed by atoms with E-state index >= 15 is 0 Å². The molecule has 18 heavy (non-hydrogen) atoms. The number of amides is 1. The first-order valence-electron chi connectivity index (χ1n) is 5.71. The molecular formula is C12H18N4O2. The first-order chi connectivity index (χ1) is 8.67. The number of nitrogens with one attached hydrogen (secondary N) is 2. The normalized spacial score (nSPS) is 11.3. The smallest absolute Gasteiger partial charge is 0.233 e. The predicted molar refractivity (Wildman–Crippen MR) is 69.3 cm³/mol. The van der Waals surface area contributed by atoms with Crippen LogP contribution in [0.15, 0.2) is 29.4 Å². The molecule has 5 N–H and O–H groups in total. The minimum atomic E-state index is -0.0370. The highest BCUT2D eigenvalue weighted by molar-refractivity contribution is 5.97. The lowest BCUT2D eigenvalue weighted by Crippen LogP contribution is -2.33. The summed E-state index contributed by atoms with van der Waals surface area (Å²) in [6.07, 6.45) is 0. The van der Waals surface area contributed by atoms with Gasteiger partial charge in [0.15, 0.2) is 5.84 Å². The number of likely N-dealkylation sites (N-methyl/N-ethyl adjacent to an activating group) is 1. The van der Waals surface area contributed by atoms with Crippen molar-refractivity contribution in [3.63, 3.8) is 0 Å². The fraction of sp³-hybridized carbons (Fsp3) is 0.333. The predicted octanol–water partition coefficient (Wildman–Crippen LogP) is 0.00680. The fourth-order valence-corrected chi connectivity index (χ4v) is 1.48. The van der Waals surface area contributed by atoms with Crippen LogP contribution in [0.1, 0.15) is 18.1 Å². The van der Waals surface area contributed by atoms with Crippen LogP contribution >= 0.6 is 0 Å². The Morgan fingerprint density at radius 2 is 2.28 bits per heavy atom. The number of nitrogens with zero attached hydrogens (tertiary/aromatic N) is 1. The highest BCUT2D eigenvalue weighted by Gasteiger charge is 2.02. The SMILES string of the molecule is CCNC(=O)CNCc1cccc(C(N)=NO)c1. The summed E-state index contributed by atoms with van der Waals surface area (Å²) in [5.41, 5.74) is 7.10. The van der Waals surface area contributed by atoms with Crippen molar-refractivity contribution in [1.82, 2.24) is 10.6 Å². The molecule has 0 saturated heterocycles. The molecule has 0 aromatic heterocycles. The Labute approximate surface area is 106 Å². The molecule has 0 radical (unpaired) electrons. The third-order valence-corrected chi connectivity index (χ3v) is 2.32. The quantitative estimate of drug-likeness (QED) is 0.247. The van der Waals surface area contributed by atoms with Gasteiger partial charge in [-0.05, 0) is 18.6 Å². The van der Waals surface area contributed by atoms with Crippen molar-refractivity contribution >= 4 is 11.7 Å². The van der Waals surface area contributed by atoms with E-state index in [0.29, 0.717) is 18.7 Å². The topological polar surface area (TPSA) is 99.7 Å². The van der Waals surface area contributed by atoms with E-state index in [2.05, 4.69) is 15.8 Å². The summed E-state index contributed by atoms with van der Waals surface area (Å²) < 4.78 is 0. The van der Waals surface area contributed by atoms with Crippen LogP contribution in [0.25, 0.3) is 0 Å². The van der Waals surface area contributed by atoms with Crippen molar-refractivity contribution < 1.29 is 10.0 Å². The Morgan fingerprint density at radius 3 is 2.94 bits per heavy atom. The van der Waals surface area contributed by atoms with E-state index in [1.54, 1.807) is 12.1 Å². The van der Waals surface area contributed by atoms with Gasteiger partial charge in [0.25, 0.3) is 0 Å². The highest BCUT2D eigenvalue weighted by atomic mass is 16.4. The molecule has 0 saturated carbocycles. The van der Waals surface area contributed by atoms with E-state index in [-0.39, 0.29) is 18.3 Å². The summed E-state index contributed by atoms with van der Waals surface area (Å²) in [4.78, 5) is 11.2. The van der Waals surface area contributed by atoms with Crippen molar-refractivity contribution in [3.05, 3.63) is 35.4 Å². The number of hydrogen-bond donors (Lipinski definition) is 4. The number of rotatable bonds is 6. The van der Waals surface area contributed by atoms with E-state index in [0.717, 1.165) is 5.56 Å². The monoisotopic (exact) mass is 250 g/mol. The summed E-state index contributed by atoms with van der Waals surface area (Å²) in [7, 11) is 0.